The second-order valence-electron chi connectivity index (χ2n) is 5.04. The summed E-state index contributed by atoms with van der Waals surface area (Å²) >= 11 is 43.7. The molecule has 0 fully saturated rings. The molecular formula is C17H6Cl7N. The Bertz CT molecular complexity index is 863. The van der Waals surface area contributed by atoms with Crippen LogP contribution in [0.25, 0.3) is 22.3 Å². The summed E-state index contributed by atoms with van der Waals surface area (Å²) in [7, 11) is 0. The summed E-state index contributed by atoms with van der Waals surface area (Å²) in [5.41, 5.74) is 2.11. The van der Waals surface area contributed by atoms with Crippen molar-refractivity contribution >= 4 is 81.2 Å². The highest BCUT2D eigenvalue weighted by molar-refractivity contribution is 6.45. The molecule has 1 aromatic heterocycles. The minimum absolute atomic E-state index is 0.353. The lowest BCUT2D eigenvalue weighted by Crippen LogP contribution is -1.91. The maximum atomic E-state index is 6.60. The summed E-state index contributed by atoms with van der Waals surface area (Å²) in [6.07, 6.45) is 3.12. The largest absolute Gasteiger partial charge is 0.263 e. The van der Waals surface area contributed by atoms with Crippen LogP contribution in [0.15, 0.2) is 36.7 Å². The molecule has 2 aromatic carbocycles. The molecule has 25 heavy (non-hydrogen) atoms. The molecule has 1 nitrogen and oxygen atoms in total. The van der Waals surface area contributed by atoms with Crippen molar-refractivity contribution in [3.05, 3.63) is 71.8 Å². The molecule has 0 aliphatic rings. The van der Waals surface area contributed by atoms with E-state index in [4.69, 9.17) is 81.2 Å². The molecule has 0 saturated heterocycles. The lowest BCUT2D eigenvalue weighted by atomic mass is 10.0. The lowest BCUT2D eigenvalue weighted by molar-refractivity contribution is 1.33. The first-order valence-electron chi connectivity index (χ1n) is 6.73. The first-order chi connectivity index (χ1) is 11.8. The summed E-state index contributed by atoms with van der Waals surface area (Å²) in [6.45, 7) is 0. The number of benzene rings is 2. The monoisotopic (exact) mass is 469 g/mol. The van der Waals surface area contributed by atoms with Crippen LogP contribution in [-0.2, 0) is 0 Å². The number of hydrogen-bond acceptors (Lipinski definition) is 1. The molecule has 0 radical (unpaired) electrons. The number of halogens is 7. The molecule has 0 atom stereocenters. The van der Waals surface area contributed by atoms with Crippen LogP contribution in [0.2, 0.25) is 35.2 Å². The lowest BCUT2D eigenvalue weighted by Gasteiger charge is -2.14. The van der Waals surface area contributed by atoms with Gasteiger partial charge in [0.05, 0.1) is 25.1 Å². The van der Waals surface area contributed by atoms with Gasteiger partial charge in [0, 0.05) is 44.7 Å². The Morgan fingerprint density at radius 3 is 1.16 bits per heavy atom. The molecule has 0 aliphatic carbocycles. The predicted octanol–water partition coefficient (Wildman–Crippen LogP) is 8.99. The quantitative estimate of drug-likeness (QED) is 0.363. The van der Waals surface area contributed by atoms with Gasteiger partial charge in [-0.2, -0.15) is 0 Å². The summed E-state index contributed by atoms with van der Waals surface area (Å²) in [5.74, 6) is 0. The molecule has 0 unspecified atom stereocenters. The van der Waals surface area contributed by atoms with Crippen molar-refractivity contribution < 1.29 is 0 Å². The third kappa shape index (κ3) is 3.84. The van der Waals surface area contributed by atoms with Gasteiger partial charge in [0.2, 0.25) is 0 Å². The van der Waals surface area contributed by atoms with E-state index in [-0.39, 0.29) is 0 Å². The topological polar surface area (TPSA) is 12.9 Å². The fourth-order valence-corrected chi connectivity index (χ4v) is 4.72. The Labute approximate surface area is 179 Å². The highest BCUT2D eigenvalue weighted by atomic mass is 35.5. The van der Waals surface area contributed by atoms with E-state index in [2.05, 4.69) is 4.98 Å². The summed E-state index contributed by atoms with van der Waals surface area (Å²) < 4.78 is 0. The van der Waals surface area contributed by atoms with Gasteiger partial charge in [0.15, 0.2) is 0 Å². The van der Waals surface area contributed by atoms with Crippen LogP contribution in [0, 0.1) is 0 Å². The van der Waals surface area contributed by atoms with Crippen molar-refractivity contribution in [2.75, 3.05) is 0 Å². The van der Waals surface area contributed by atoms with Gasteiger partial charge in [-0.15, -0.1) is 0 Å². The van der Waals surface area contributed by atoms with E-state index in [0.717, 1.165) is 0 Å². The maximum Gasteiger partial charge on any atom is 0.0595 e. The zero-order valence-electron chi connectivity index (χ0n) is 12.1. The van der Waals surface area contributed by atoms with Crippen LogP contribution >= 0.6 is 81.2 Å². The summed E-state index contributed by atoms with van der Waals surface area (Å²) in [4.78, 5) is 4.22. The first kappa shape index (κ1) is 19.4. The molecule has 3 aromatic rings. The zero-order chi connectivity index (χ0) is 18.3. The molecule has 3 rings (SSSR count). The third-order valence-electron chi connectivity index (χ3n) is 3.43. The van der Waals surface area contributed by atoms with Crippen LogP contribution in [0.4, 0.5) is 0 Å². The average Bonchev–Trinajstić information content (AvgIpc) is 2.48. The number of nitrogens with zero attached hydrogens (tertiary/aromatic N) is 1. The fraction of sp³-hybridized carbons (Fsp3) is 0. The number of hydrogen-bond donors (Lipinski definition) is 0. The Hall–Kier alpha value is -0.380. The molecule has 128 valence electrons. The Morgan fingerprint density at radius 1 is 0.520 bits per heavy atom. The smallest absolute Gasteiger partial charge is 0.0595 e. The number of rotatable bonds is 2. The molecule has 0 N–H and O–H groups in total. The average molecular weight is 472 g/mol. The van der Waals surface area contributed by atoms with Crippen LogP contribution in [0.1, 0.15) is 0 Å². The standard InChI is InChI=1S/C17H6Cl7N/c18-7-1-11(20)15(12(21)2-7)9-5-25-6-10(17(9)24)16-13(22)3-8(19)4-14(16)23/h1-6H. The third-order valence-corrected chi connectivity index (χ3v) is 5.47. The van der Waals surface area contributed by atoms with Gasteiger partial charge < -0.3 is 0 Å². The molecule has 0 saturated carbocycles. The van der Waals surface area contributed by atoms with Crippen molar-refractivity contribution in [3.63, 3.8) is 0 Å². The van der Waals surface area contributed by atoms with E-state index in [1.54, 1.807) is 36.7 Å². The van der Waals surface area contributed by atoms with E-state index < -0.39 is 0 Å². The SMILES string of the molecule is Clc1cc(Cl)c(-c2cncc(-c3c(Cl)cc(Cl)cc3Cl)c2Cl)c(Cl)c1. The maximum absolute atomic E-state index is 6.60. The van der Waals surface area contributed by atoms with Crippen molar-refractivity contribution in [2.24, 2.45) is 0 Å². The van der Waals surface area contributed by atoms with Gasteiger partial charge in [-0.3, -0.25) is 4.98 Å². The second kappa shape index (κ2) is 7.70. The molecule has 0 aliphatic heterocycles. The molecule has 0 bridgehead atoms. The minimum atomic E-state index is 0.353. The van der Waals surface area contributed by atoms with Gasteiger partial charge in [-0.05, 0) is 24.3 Å². The van der Waals surface area contributed by atoms with Gasteiger partial charge in [-0.1, -0.05) is 81.2 Å². The normalized spacial score (nSPS) is 11.0. The van der Waals surface area contributed by atoms with Gasteiger partial charge in [0.25, 0.3) is 0 Å². The van der Waals surface area contributed by atoms with Crippen molar-refractivity contribution in [2.45, 2.75) is 0 Å². The van der Waals surface area contributed by atoms with Gasteiger partial charge >= 0.3 is 0 Å². The Morgan fingerprint density at radius 2 is 0.840 bits per heavy atom. The molecule has 0 amide bonds. The Balaban J connectivity index is 2.28. The second-order valence-corrected chi connectivity index (χ2v) is 7.92. The highest BCUT2D eigenvalue weighted by Crippen LogP contribution is 2.46. The summed E-state index contributed by atoms with van der Waals surface area (Å²) in [6, 6.07) is 6.32. The van der Waals surface area contributed by atoms with E-state index in [1.807, 2.05) is 0 Å². The van der Waals surface area contributed by atoms with Crippen LogP contribution in [0.3, 0.4) is 0 Å². The number of pyridine rings is 1. The molecule has 1 heterocycles. The molecule has 0 spiro atoms. The fourth-order valence-electron chi connectivity index (χ4n) is 2.39. The number of aromatic nitrogens is 1. The van der Waals surface area contributed by atoms with Gasteiger partial charge in [0.1, 0.15) is 0 Å². The zero-order valence-corrected chi connectivity index (χ0v) is 17.3. The van der Waals surface area contributed by atoms with Crippen LogP contribution in [0.5, 0.6) is 0 Å². The van der Waals surface area contributed by atoms with E-state index >= 15 is 0 Å². The van der Waals surface area contributed by atoms with Gasteiger partial charge in [-0.25, -0.2) is 0 Å². The van der Waals surface area contributed by atoms with Crippen molar-refractivity contribution in [1.29, 1.82) is 0 Å². The minimum Gasteiger partial charge on any atom is -0.263 e. The first-order valence-corrected chi connectivity index (χ1v) is 9.37. The highest BCUT2D eigenvalue weighted by Gasteiger charge is 2.20. The van der Waals surface area contributed by atoms with Crippen molar-refractivity contribution in [3.8, 4) is 22.3 Å². The summed E-state index contributed by atoms with van der Waals surface area (Å²) in [5, 5.41) is 2.61. The van der Waals surface area contributed by atoms with Crippen LogP contribution in [-0.4, -0.2) is 4.98 Å². The molecule has 8 heteroatoms. The molecular weight excluding hydrogens is 466 g/mol. The van der Waals surface area contributed by atoms with E-state index in [0.29, 0.717) is 57.4 Å². The van der Waals surface area contributed by atoms with Crippen LogP contribution < -0.4 is 0 Å². The van der Waals surface area contributed by atoms with Crippen molar-refractivity contribution in [1.82, 2.24) is 4.98 Å². The predicted molar refractivity (Wildman–Crippen MR) is 110 cm³/mol. The van der Waals surface area contributed by atoms with E-state index in [1.165, 1.54) is 0 Å². The van der Waals surface area contributed by atoms with E-state index in [9.17, 15) is 0 Å². The Kier molecular flexibility index (Phi) is 5.97.